The van der Waals surface area contributed by atoms with Crippen LogP contribution in [0.15, 0.2) is 148 Å². The van der Waals surface area contributed by atoms with Crippen LogP contribution in [0, 0.1) is 5.92 Å². The zero-order chi connectivity index (χ0) is 43.9. The van der Waals surface area contributed by atoms with E-state index in [1.165, 1.54) is 22.8 Å². The Hall–Kier alpha value is -6.25. The van der Waals surface area contributed by atoms with E-state index in [2.05, 4.69) is 84.9 Å². The quantitative estimate of drug-likeness (QED) is 0.0824. The number of aliphatic hydroxyl groups is 1. The summed E-state index contributed by atoms with van der Waals surface area (Å²) in [4.78, 5) is 42.3. The minimum atomic E-state index is -1.20. The van der Waals surface area contributed by atoms with Crippen molar-refractivity contribution in [2.45, 2.75) is 109 Å². The van der Waals surface area contributed by atoms with Crippen molar-refractivity contribution >= 4 is 22.9 Å². The molecule has 3 aliphatic rings. The first-order valence-electron chi connectivity index (χ1n) is 22.2. The summed E-state index contributed by atoms with van der Waals surface area (Å²) in [5.41, 5.74) is 7.37. The van der Waals surface area contributed by atoms with Crippen molar-refractivity contribution in [2.75, 3.05) is 0 Å². The molecule has 1 aromatic heterocycles. The van der Waals surface area contributed by atoms with Crippen molar-refractivity contribution < 1.29 is 33.3 Å². The van der Waals surface area contributed by atoms with E-state index in [1.54, 1.807) is 12.1 Å². The molecule has 63 heavy (non-hydrogen) atoms. The van der Waals surface area contributed by atoms with Crippen molar-refractivity contribution in [1.29, 1.82) is 0 Å². The molecule has 8 nitrogen and oxygen atoms in total. The molecule has 0 spiro atoms. The topological polar surface area (TPSA) is 112 Å². The molecule has 3 aliphatic heterocycles. The lowest BCUT2D eigenvalue weighted by Gasteiger charge is -2.45. The molecule has 4 atom stereocenters. The molecule has 8 heteroatoms. The molecule has 0 aliphatic carbocycles. The van der Waals surface area contributed by atoms with Gasteiger partial charge in [-0.3, -0.25) is 4.79 Å². The van der Waals surface area contributed by atoms with E-state index in [4.69, 9.17) is 18.6 Å². The predicted octanol–water partition coefficient (Wildman–Crippen LogP) is 10.7. The van der Waals surface area contributed by atoms with E-state index in [1.807, 2.05) is 45.0 Å². The van der Waals surface area contributed by atoms with Crippen LogP contribution in [0.25, 0.3) is 11.0 Å². The minimum Gasteiger partial charge on any atom is -0.483 e. The number of fused-ring (bicyclic) bond motifs is 13. The molecule has 6 aromatic rings. The van der Waals surface area contributed by atoms with Crippen LogP contribution in [0.1, 0.15) is 103 Å². The molecular weight excluding hydrogens is 789 g/mol. The smallest absolute Gasteiger partial charge is 0.336 e. The van der Waals surface area contributed by atoms with Gasteiger partial charge in [-0.25, -0.2) is 9.59 Å². The summed E-state index contributed by atoms with van der Waals surface area (Å²) >= 11 is 0. The van der Waals surface area contributed by atoms with Gasteiger partial charge in [0.05, 0.1) is 12.2 Å². The van der Waals surface area contributed by atoms with Gasteiger partial charge in [0.1, 0.15) is 16.9 Å². The third kappa shape index (κ3) is 10.3. The van der Waals surface area contributed by atoms with Gasteiger partial charge in [0.2, 0.25) is 0 Å². The number of hydrogen-bond acceptors (Lipinski definition) is 8. The number of rotatable bonds is 10. The summed E-state index contributed by atoms with van der Waals surface area (Å²) in [6.07, 6.45) is 3.73. The standard InChI is InChI=1S/C55H56O8/c1-36(2)45-26-25-38-19-21-41(22-20-38)32-43(24-23-40-16-10-17-42(31-40)30-39-14-8-5-9-15-39)33-48(57)61-52-50-47(28-27-46-44(35-56)34-49(58)60-51(46)50)63-55(3,53(52)62-54(45)59)29-11-18-37-12-6-4-7-13-37/h4-10,12-17,19-22,27-28,31,34,43,52-53,56H,11,18,23-26,29-30,32-33,35H2,1-3H3/t43-,52-,53-,55-/m0/s1. The summed E-state index contributed by atoms with van der Waals surface area (Å²) in [7, 11) is 0. The normalized spacial score (nSPS) is 20.3. The molecule has 2 bridgehead atoms. The molecule has 0 fully saturated rings. The highest BCUT2D eigenvalue weighted by Crippen LogP contribution is 2.49. The van der Waals surface area contributed by atoms with Crippen LogP contribution in [0.2, 0.25) is 0 Å². The van der Waals surface area contributed by atoms with Gasteiger partial charge >= 0.3 is 17.6 Å². The van der Waals surface area contributed by atoms with Gasteiger partial charge in [0, 0.05) is 23.4 Å². The van der Waals surface area contributed by atoms with Crippen molar-refractivity contribution in [2.24, 2.45) is 5.92 Å². The fourth-order valence-electron chi connectivity index (χ4n) is 9.34. The maximum Gasteiger partial charge on any atom is 0.336 e. The molecule has 0 radical (unpaired) electrons. The molecule has 0 amide bonds. The minimum absolute atomic E-state index is 0.0877. The van der Waals surface area contributed by atoms with E-state index < -0.39 is 42.0 Å². The molecule has 324 valence electrons. The van der Waals surface area contributed by atoms with E-state index in [9.17, 15) is 19.5 Å². The number of carbonyl (C=O) groups excluding carboxylic acids is 2. The first kappa shape index (κ1) is 43.4. The highest BCUT2D eigenvalue weighted by atomic mass is 16.6. The second kappa shape index (κ2) is 19.4. The SMILES string of the molecule is CC(C)=C1CCc2ccc(cc2)C[C@H](CCc2cccc(Cc3ccccc3)c2)CC(=O)O[C@H]2c3c(ccc4c(CO)cc(=O)oc34)O[C@@](C)(CCCc3ccccc3)[C@H]2OC1=O. The molecule has 1 N–H and O–H groups in total. The van der Waals surface area contributed by atoms with Gasteiger partial charge < -0.3 is 23.7 Å². The first-order chi connectivity index (χ1) is 30.5. The van der Waals surface area contributed by atoms with Crippen LogP contribution in [-0.4, -0.2) is 28.8 Å². The third-order valence-electron chi connectivity index (χ3n) is 12.7. The number of aliphatic hydroxyl groups excluding tert-OH is 1. The Morgan fingerprint density at radius 3 is 2.14 bits per heavy atom. The van der Waals surface area contributed by atoms with Gasteiger partial charge in [-0.05, 0) is 136 Å². The highest BCUT2D eigenvalue weighted by molar-refractivity contribution is 5.90. The zero-order valence-corrected chi connectivity index (χ0v) is 36.4. The Morgan fingerprint density at radius 2 is 1.41 bits per heavy atom. The molecule has 0 saturated heterocycles. The first-order valence-corrected chi connectivity index (χ1v) is 22.2. The number of aryl methyl sites for hydroxylation is 3. The largest absolute Gasteiger partial charge is 0.483 e. The number of allylic oxidation sites excluding steroid dienone is 1. The van der Waals surface area contributed by atoms with Crippen LogP contribution in [-0.2, 0) is 57.8 Å². The number of ether oxygens (including phenoxy) is 3. The Bertz CT molecular complexity index is 2640. The average Bonchev–Trinajstić information content (AvgIpc) is 3.27. The van der Waals surface area contributed by atoms with Gasteiger partial charge in [-0.2, -0.15) is 0 Å². The van der Waals surface area contributed by atoms with Crippen LogP contribution in [0.3, 0.4) is 0 Å². The van der Waals surface area contributed by atoms with Crippen molar-refractivity contribution in [3.8, 4) is 5.75 Å². The number of carbonyl (C=O) groups is 2. The maximum atomic E-state index is 14.7. The Labute approximate surface area is 369 Å². The number of benzene rings is 5. The summed E-state index contributed by atoms with van der Waals surface area (Å²) in [5.74, 6) is -0.713. The van der Waals surface area contributed by atoms with E-state index in [-0.39, 0.29) is 17.9 Å². The molecule has 4 heterocycles. The van der Waals surface area contributed by atoms with Crippen LogP contribution in [0.4, 0.5) is 0 Å². The van der Waals surface area contributed by atoms with Crippen LogP contribution >= 0.6 is 0 Å². The molecular formula is C55H56O8. The zero-order valence-electron chi connectivity index (χ0n) is 36.4. The third-order valence-corrected chi connectivity index (χ3v) is 12.7. The molecule has 9 rings (SSSR count). The average molecular weight is 845 g/mol. The fraction of sp³-hybridized carbons (Fsp3) is 0.327. The monoisotopic (exact) mass is 844 g/mol. The summed E-state index contributed by atoms with van der Waals surface area (Å²) in [5, 5.41) is 10.8. The van der Waals surface area contributed by atoms with E-state index in [0.29, 0.717) is 59.9 Å². The summed E-state index contributed by atoms with van der Waals surface area (Å²) in [6, 6.07) is 42.5. The van der Waals surface area contributed by atoms with Crippen molar-refractivity contribution in [3.63, 3.8) is 0 Å². The number of hydrogen-bond donors (Lipinski definition) is 1. The second-order valence-corrected chi connectivity index (χ2v) is 17.7. The lowest BCUT2D eigenvalue weighted by atomic mass is 9.82. The highest BCUT2D eigenvalue weighted by Gasteiger charge is 2.52. The summed E-state index contributed by atoms with van der Waals surface area (Å²) < 4.78 is 26.1. The van der Waals surface area contributed by atoms with Crippen LogP contribution in [0.5, 0.6) is 5.75 Å². The van der Waals surface area contributed by atoms with Gasteiger partial charge in [-0.15, -0.1) is 0 Å². The lowest BCUT2D eigenvalue weighted by molar-refractivity contribution is -0.192. The van der Waals surface area contributed by atoms with Gasteiger partial charge in [0.15, 0.2) is 12.2 Å². The van der Waals surface area contributed by atoms with Gasteiger partial charge in [-0.1, -0.05) is 115 Å². The summed E-state index contributed by atoms with van der Waals surface area (Å²) in [6.45, 7) is 5.29. The Morgan fingerprint density at radius 1 is 0.714 bits per heavy atom. The maximum absolute atomic E-state index is 14.7. The predicted molar refractivity (Wildman–Crippen MR) is 244 cm³/mol. The number of esters is 2. The van der Waals surface area contributed by atoms with Crippen molar-refractivity contribution in [1.82, 2.24) is 0 Å². The van der Waals surface area contributed by atoms with Crippen LogP contribution < -0.4 is 10.4 Å². The molecule has 0 saturated carbocycles. The van der Waals surface area contributed by atoms with E-state index >= 15 is 0 Å². The fourth-order valence-corrected chi connectivity index (χ4v) is 9.34. The van der Waals surface area contributed by atoms with Gasteiger partial charge in [0.25, 0.3) is 0 Å². The van der Waals surface area contributed by atoms with E-state index in [0.717, 1.165) is 47.9 Å². The second-order valence-electron chi connectivity index (χ2n) is 17.7. The molecule has 5 aromatic carbocycles. The van der Waals surface area contributed by atoms with Crippen molar-refractivity contribution in [3.05, 3.63) is 193 Å². The molecule has 0 unspecified atom stereocenters. The lowest BCUT2D eigenvalue weighted by Crippen LogP contribution is -2.54. The Balaban J connectivity index is 1.18. The Kier molecular flexibility index (Phi) is 13.4.